The molecule has 39 heavy (non-hydrogen) atoms. The summed E-state index contributed by atoms with van der Waals surface area (Å²) in [6.45, 7) is 9.52. The molecule has 0 amide bonds. The minimum Gasteiger partial charge on any atom is -0.309 e. The van der Waals surface area contributed by atoms with Crippen LogP contribution in [0.1, 0.15) is 49.9 Å². The Balaban J connectivity index is 1.48. The highest BCUT2D eigenvalue weighted by molar-refractivity contribution is 9.10. The van der Waals surface area contributed by atoms with E-state index in [1.165, 1.54) is 75.1 Å². The van der Waals surface area contributed by atoms with Crippen molar-refractivity contribution in [3.05, 3.63) is 124 Å². The minimum absolute atomic E-state index is 0.126. The number of benzene rings is 5. The highest BCUT2D eigenvalue weighted by atomic mass is 79.9. The Kier molecular flexibility index (Phi) is 4.72. The lowest BCUT2D eigenvalue weighted by molar-refractivity contribution is 0.630. The number of thiophene rings is 1. The second-order valence-corrected chi connectivity index (χ2v) is 13.9. The van der Waals surface area contributed by atoms with E-state index in [0.717, 1.165) is 0 Å². The number of nitrogens with zero attached hydrogens (tertiary/aromatic N) is 1. The number of fused-ring (bicyclic) bond motifs is 8. The van der Waals surface area contributed by atoms with Crippen molar-refractivity contribution in [2.75, 3.05) is 4.90 Å². The van der Waals surface area contributed by atoms with Crippen LogP contribution < -0.4 is 4.90 Å². The van der Waals surface area contributed by atoms with Gasteiger partial charge in [-0.15, -0.1) is 11.3 Å². The molecule has 0 radical (unpaired) electrons. The largest absolute Gasteiger partial charge is 0.309 e. The maximum atomic E-state index is 3.90. The molecule has 1 aliphatic carbocycles. The Morgan fingerprint density at radius 3 is 2.10 bits per heavy atom. The Labute approximate surface area is 241 Å². The van der Waals surface area contributed by atoms with Crippen LogP contribution in [-0.4, -0.2) is 0 Å². The molecule has 2 aliphatic rings. The van der Waals surface area contributed by atoms with Gasteiger partial charge in [0.1, 0.15) is 0 Å². The van der Waals surface area contributed by atoms with Crippen LogP contribution in [-0.2, 0) is 10.8 Å². The first kappa shape index (κ1) is 23.5. The predicted octanol–water partition coefficient (Wildman–Crippen LogP) is 11.2. The Morgan fingerprint density at radius 1 is 0.564 bits per heavy atom. The quantitative estimate of drug-likeness (QED) is 0.185. The molecule has 0 spiro atoms. The van der Waals surface area contributed by atoms with Crippen LogP contribution in [0.2, 0.25) is 0 Å². The van der Waals surface area contributed by atoms with Crippen molar-refractivity contribution in [2.45, 2.75) is 38.5 Å². The van der Waals surface area contributed by atoms with E-state index in [2.05, 4.69) is 146 Å². The SMILES string of the molecule is CC1(C)c2ccccc2N(c2cccc3c2C(C)(C)c2c(Br)cccc2-3)c2cc3sc4ccccc4c3cc21. The molecule has 8 rings (SSSR count). The number of anilines is 3. The van der Waals surface area contributed by atoms with Gasteiger partial charge in [-0.3, -0.25) is 0 Å². The molecular formula is C36H28BrNS. The minimum atomic E-state index is -0.148. The summed E-state index contributed by atoms with van der Waals surface area (Å²) in [4.78, 5) is 2.56. The summed E-state index contributed by atoms with van der Waals surface area (Å²) in [5.74, 6) is 0. The van der Waals surface area contributed by atoms with Gasteiger partial charge in [-0.1, -0.05) is 104 Å². The van der Waals surface area contributed by atoms with Gasteiger partial charge in [-0.2, -0.15) is 0 Å². The first-order valence-electron chi connectivity index (χ1n) is 13.6. The van der Waals surface area contributed by atoms with Crippen molar-refractivity contribution >= 4 is 64.5 Å². The van der Waals surface area contributed by atoms with Gasteiger partial charge in [0.05, 0.1) is 17.1 Å². The third kappa shape index (κ3) is 3.01. The summed E-state index contributed by atoms with van der Waals surface area (Å²) in [6, 6.07) is 36.2. The summed E-state index contributed by atoms with van der Waals surface area (Å²) < 4.78 is 3.87. The molecule has 0 unspecified atom stereocenters. The van der Waals surface area contributed by atoms with Gasteiger partial charge in [0, 0.05) is 35.5 Å². The monoisotopic (exact) mass is 585 g/mol. The second-order valence-electron chi connectivity index (χ2n) is 11.9. The van der Waals surface area contributed by atoms with Gasteiger partial charge in [0.2, 0.25) is 0 Å². The molecule has 2 heterocycles. The Hall–Kier alpha value is -3.40. The normalized spacial score (nSPS) is 16.2. The van der Waals surface area contributed by atoms with E-state index >= 15 is 0 Å². The highest BCUT2D eigenvalue weighted by Gasteiger charge is 2.43. The van der Waals surface area contributed by atoms with Crippen molar-refractivity contribution in [1.82, 2.24) is 0 Å². The van der Waals surface area contributed by atoms with E-state index in [1.54, 1.807) is 0 Å². The van der Waals surface area contributed by atoms with E-state index in [0.29, 0.717) is 0 Å². The molecule has 0 atom stereocenters. The maximum Gasteiger partial charge on any atom is 0.0517 e. The van der Waals surface area contributed by atoms with Crippen LogP contribution in [0, 0.1) is 0 Å². The summed E-state index contributed by atoms with van der Waals surface area (Å²) >= 11 is 5.80. The highest BCUT2D eigenvalue weighted by Crippen LogP contribution is 2.59. The lowest BCUT2D eigenvalue weighted by Gasteiger charge is -2.43. The van der Waals surface area contributed by atoms with Crippen molar-refractivity contribution in [1.29, 1.82) is 0 Å². The van der Waals surface area contributed by atoms with Gasteiger partial charge in [-0.25, -0.2) is 0 Å². The van der Waals surface area contributed by atoms with Crippen LogP contribution in [0.5, 0.6) is 0 Å². The van der Waals surface area contributed by atoms with Crippen LogP contribution >= 0.6 is 27.3 Å². The summed E-state index contributed by atoms with van der Waals surface area (Å²) in [7, 11) is 0. The second kappa shape index (κ2) is 7.84. The van der Waals surface area contributed by atoms with E-state index < -0.39 is 0 Å². The van der Waals surface area contributed by atoms with Gasteiger partial charge < -0.3 is 4.90 Å². The Morgan fingerprint density at radius 2 is 1.26 bits per heavy atom. The molecule has 1 aliphatic heterocycles. The van der Waals surface area contributed by atoms with Gasteiger partial charge >= 0.3 is 0 Å². The topological polar surface area (TPSA) is 3.24 Å². The predicted molar refractivity (Wildman–Crippen MR) is 171 cm³/mol. The first-order chi connectivity index (χ1) is 18.8. The van der Waals surface area contributed by atoms with E-state index in [9.17, 15) is 0 Å². The number of halogens is 1. The fourth-order valence-electron chi connectivity index (χ4n) is 7.29. The van der Waals surface area contributed by atoms with Crippen molar-refractivity contribution in [3.63, 3.8) is 0 Å². The number of para-hydroxylation sites is 1. The average molecular weight is 587 g/mol. The molecular weight excluding hydrogens is 558 g/mol. The third-order valence-corrected chi connectivity index (χ3v) is 10.9. The molecule has 1 nitrogen and oxygen atoms in total. The zero-order valence-electron chi connectivity index (χ0n) is 22.5. The standard InChI is InChI=1S/C36H28BrNS/c1-35(2)25-14-6-7-16-28(25)38(30-20-32-24(19-26(30)35)21-11-5-8-18-31(21)39-32)29-17-10-13-23-22-12-9-15-27(37)33(22)36(3,4)34(23)29/h5-20H,1-4H3. The van der Waals surface area contributed by atoms with Crippen molar-refractivity contribution in [3.8, 4) is 11.1 Å². The van der Waals surface area contributed by atoms with E-state index in [1.807, 2.05) is 11.3 Å². The molecule has 0 N–H and O–H groups in total. The van der Waals surface area contributed by atoms with Crippen LogP contribution in [0.15, 0.2) is 102 Å². The molecule has 190 valence electrons. The smallest absolute Gasteiger partial charge is 0.0517 e. The number of rotatable bonds is 1. The average Bonchev–Trinajstić information content (AvgIpc) is 3.41. The fourth-order valence-corrected chi connectivity index (χ4v) is 9.28. The molecule has 1 aromatic heterocycles. The molecule has 5 aromatic carbocycles. The molecule has 0 bridgehead atoms. The van der Waals surface area contributed by atoms with E-state index in [4.69, 9.17) is 0 Å². The lowest BCUT2D eigenvalue weighted by atomic mass is 9.72. The molecule has 0 fully saturated rings. The van der Waals surface area contributed by atoms with Gasteiger partial charge in [0.15, 0.2) is 0 Å². The van der Waals surface area contributed by atoms with Crippen LogP contribution in [0.4, 0.5) is 17.1 Å². The summed E-state index contributed by atoms with van der Waals surface area (Å²) in [5, 5.41) is 2.71. The van der Waals surface area contributed by atoms with Gasteiger partial charge in [-0.05, 0) is 69.8 Å². The third-order valence-electron chi connectivity index (χ3n) is 9.06. The van der Waals surface area contributed by atoms with E-state index in [-0.39, 0.29) is 10.8 Å². The van der Waals surface area contributed by atoms with Crippen molar-refractivity contribution < 1.29 is 0 Å². The first-order valence-corrected chi connectivity index (χ1v) is 15.2. The number of hydrogen-bond donors (Lipinski definition) is 0. The fraction of sp³-hybridized carbons (Fsp3) is 0.167. The maximum absolute atomic E-state index is 3.90. The lowest BCUT2D eigenvalue weighted by Crippen LogP contribution is -2.31. The Bertz CT molecular complexity index is 1990. The van der Waals surface area contributed by atoms with Crippen molar-refractivity contribution in [2.24, 2.45) is 0 Å². The molecule has 0 saturated carbocycles. The molecule has 6 aromatic rings. The van der Waals surface area contributed by atoms with Crippen LogP contribution in [0.25, 0.3) is 31.3 Å². The summed E-state index contributed by atoms with van der Waals surface area (Å²) in [6.07, 6.45) is 0. The van der Waals surface area contributed by atoms with Crippen LogP contribution in [0.3, 0.4) is 0 Å². The zero-order valence-corrected chi connectivity index (χ0v) is 24.9. The number of hydrogen-bond acceptors (Lipinski definition) is 2. The molecule has 3 heteroatoms. The summed E-state index contributed by atoms with van der Waals surface area (Å²) in [5.41, 5.74) is 11.7. The molecule has 0 saturated heterocycles. The van der Waals surface area contributed by atoms with Gasteiger partial charge in [0.25, 0.3) is 0 Å². The zero-order chi connectivity index (χ0) is 26.7.